The van der Waals surface area contributed by atoms with Crippen LogP contribution in [0.25, 0.3) is 0 Å². The van der Waals surface area contributed by atoms with E-state index in [-0.39, 0.29) is 17.7 Å². The lowest BCUT2D eigenvalue weighted by Gasteiger charge is -2.23. The summed E-state index contributed by atoms with van der Waals surface area (Å²) in [7, 11) is 0. The van der Waals surface area contributed by atoms with Crippen molar-refractivity contribution in [1.82, 2.24) is 14.9 Å². The van der Waals surface area contributed by atoms with Gasteiger partial charge in [-0.05, 0) is 25.8 Å². The van der Waals surface area contributed by atoms with Crippen LogP contribution in [0.3, 0.4) is 0 Å². The van der Waals surface area contributed by atoms with Gasteiger partial charge < -0.3 is 20.1 Å². The first kappa shape index (κ1) is 11.7. The lowest BCUT2D eigenvalue weighted by molar-refractivity contribution is 0.0686. The summed E-state index contributed by atoms with van der Waals surface area (Å²) >= 11 is 0. The molecule has 6 nitrogen and oxygen atoms in total. The molecule has 98 valence electrons. The fourth-order valence-corrected chi connectivity index (χ4v) is 2.93. The van der Waals surface area contributed by atoms with Crippen molar-refractivity contribution in [3.8, 4) is 0 Å². The normalized spacial score (nSPS) is 27.2. The van der Waals surface area contributed by atoms with Gasteiger partial charge in [-0.2, -0.15) is 0 Å². The van der Waals surface area contributed by atoms with E-state index in [0.717, 1.165) is 31.0 Å². The summed E-state index contributed by atoms with van der Waals surface area (Å²) < 4.78 is 1.93. The van der Waals surface area contributed by atoms with Crippen LogP contribution in [0.15, 0.2) is 0 Å². The van der Waals surface area contributed by atoms with Crippen molar-refractivity contribution in [1.29, 1.82) is 0 Å². The Kier molecular flexibility index (Phi) is 2.83. The van der Waals surface area contributed by atoms with Crippen LogP contribution in [0.2, 0.25) is 0 Å². The van der Waals surface area contributed by atoms with Crippen molar-refractivity contribution in [2.24, 2.45) is 0 Å². The molecule has 2 unspecified atom stereocenters. The number of aromatic carboxylic acids is 1. The zero-order valence-electron chi connectivity index (χ0n) is 10.1. The van der Waals surface area contributed by atoms with Gasteiger partial charge >= 0.3 is 5.97 Å². The minimum Gasteiger partial charge on any atom is -0.476 e. The van der Waals surface area contributed by atoms with Gasteiger partial charge in [0.25, 0.3) is 0 Å². The molecule has 1 aromatic heterocycles. The van der Waals surface area contributed by atoms with Crippen molar-refractivity contribution in [2.75, 3.05) is 13.1 Å². The molecule has 0 aliphatic carbocycles. The van der Waals surface area contributed by atoms with Gasteiger partial charge in [-0.25, -0.2) is 9.78 Å². The monoisotopic (exact) mass is 251 g/mol. The molecule has 18 heavy (non-hydrogen) atoms. The summed E-state index contributed by atoms with van der Waals surface area (Å²) in [5.74, 6) is 0.126. The van der Waals surface area contributed by atoms with Crippen LogP contribution in [0.5, 0.6) is 0 Å². The largest absolute Gasteiger partial charge is 0.476 e. The molecule has 2 atom stereocenters. The van der Waals surface area contributed by atoms with Crippen LogP contribution in [-0.4, -0.2) is 44.9 Å². The highest BCUT2D eigenvalue weighted by atomic mass is 16.4. The van der Waals surface area contributed by atoms with Gasteiger partial charge in [0.15, 0.2) is 5.69 Å². The molecule has 6 heteroatoms. The van der Waals surface area contributed by atoms with Crippen LogP contribution < -0.4 is 5.32 Å². The number of aliphatic hydroxyl groups excluding tert-OH is 1. The van der Waals surface area contributed by atoms with E-state index < -0.39 is 5.97 Å². The average molecular weight is 251 g/mol. The Bertz CT molecular complexity index is 477. The highest BCUT2D eigenvalue weighted by Gasteiger charge is 2.31. The first-order chi connectivity index (χ1) is 8.66. The molecular weight excluding hydrogens is 234 g/mol. The summed E-state index contributed by atoms with van der Waals surface area (Å²) in [5.41, 5.74) is 0.943. The number of nitrogens with one attached hydrogen (secondary N) is 1. The van der Waals surface area contributed by atoms with Gasteiger partial charge in [-0.1, -0.05) is 0 Å². The van der Waals surface area contributed by atoms with E-state index in [1.807, 2.05) is 4.57 Å². The molecule has 2 aliphatic rings. The Labute approximate surface area is 105 Å². The number of carboxylic acid groups (broad SMARTS) is 1. The van der Waals surface area contributed by atoms with Gasteiger partial charge in [0, 0.05) is 12.5 Å². The lowest BCUT2D eigenvalue weighted by atomic mass is 10.0. The molecule has 0 saturated carbocycles. The number of aromatic nitrogens is 2. The number of hydrogen-bond acceptors (Lipinski definition) is 4. The molecule has 0 radical (unpaired) electrons. The smallest absolute Gasteiger partial charge is 0.356 e. The van der Waals surface area contributed by atoms with Crippen molar-refractivity contribution in [3.05, 3.63) is 17.2 Å². The van der Waals surface area contributed by atoms with Crippen LogP contribution in [0.1, 0.15) is 40.8 Å². The Morgan fingerprint density at radius 2 is 2.28 bits per heavy atom. The maximum Gasteiger partial charge on any atom is 0.356 e. The van der Waals surface area contributed by atoms with Crippen LogP contribution in [0.4, 0.5) is 0 Å². The second kappa shape index (κ2) is 4.37. The van der Waals surface area contributed by atoms with E-state index in [1.165, 1.54) is 0 Å². The molecule has 1 aromatic rings. The van der Waals surface area contributed by atoms with Crippen LogP contribution in [0, 0.1) is 0 Å². The highest BCUT2D eigenvalue weighted by Crippen LogP contribution is 2.28. The Balaban J connectivity index is 2.05. The quantitative estimate of drug-likeness (QED) is 0.687. The lowest BCUT2D eigenvalue weighted by Crippen LogP contribution is -2.27. The van der Waals surface area contributed by atoms with Crippen LogP contribution in [-0.2, 0) is 13.0 Å². The topological polar surface area (TPSA) is 87.4 Å². The third kappa shape index (κ3) is 1.81. The number of carbonyl (C=O) groups is 1. The standard InChI is InChI=1S/C12H17N3O3/c16-8-1-2-9-10(12(17)18)14-11(15(9)6-8)7-3-4-13-5-7/h7-8,13,16H,1-6H2,(H,17,18). The molecule has 3 N–H and O–H groups in total. The molecule has 1 saturated heterocycles. The van der Waals surface area contributed by atoms with Crippen molar-refractivity contribution < 1.29 is 15.0 Å². The predicted octanol–water partition coefficient (Wildman–Crippen LogP) is -0.0347. The fraction of sp³-hybridized carbons (Fsp3) is 0.667. The summed E-state index contributed by atoms with van der Waals surface area (Å²) in [6.07, 6.45) is 1.80. The average Bonchev–Trinajstić information content (AvgIpc) is 2.93. The third-order valence-corrected chi connectivity index (χ3v) is 3.84. The van der Waals surface area contributed by atoms with Gasteiger partial charge in [0.05, 0.1) is 18.3 Å². The van der Waals surface area contributed by atoms with Gasteiger partial charge in [0.1, 0.15) is 5.82 Å². The molecule has 3 rings (SSSR count). The number of nitrogens with zero attached hydrogens (tertiary/aromatic N) is 2. The van der Waals surface area contributed by atoms with E-state index in [4.69, 9.17) is 0 Å². The van der Waals surface area contributed by atoms with E-state index in [9.17, 15) is 15.0 Å². The maximum absolute atomic E-state index is 11.2. The Hall–Kier alpha value is -1.40. The van der Waals surface area contributed by atoms with Gasteiger partial charge in [-0.15, -0.1) is 0 Å². The minimum atomic E-state index is -0.965. The van der Waals surface area contributed by atoms with E-state index in [0.29, 0.717) is 19.4 Å². The summed E-state index contributed by atoms with van der Waals surface area (Å²) in [6.45, 7) is 2.25. The molecule has 0 spiro atoms. The fourth-order valence-electron chi connectivity index (χ4n) is 2.93. The molecule has 0 aromatic carbocycles. The molecule has 3 heterocycles. The zero-order valence-corrected chi connectivity index (χ0v) is 10.1. The van der Waals surface area contributed by atoms with Crippen LogP contribution >= 0.6 is 0 Å². The first-order valence-corrected chi connectivity index (χ1v) is 6.38. The SMILES string of the molecule is O=C(O)c1nc(C2CCNC2)n2c1CCC(O)C2. The molecule has 2 aliphatic heterocycles. The molecule has 1 fully saturated rings. The zero-order chi connectivity index (χ0) is 12.7. The molecule has 0 amide bonds. The number of aliphatic hydroxyl groups is 1. The van der Waals surface area contributed by atoms with E-state index >= 15 is 0 Å². The number of imidazole rings is 1. The number of fused-ring (bicyclic) bond motifs is 1. The second-order valence-corrected chi connectivity index (χ2v) is 5.06. The summed E-state index contributed by atoms with van der Waals surface area (Å²) in [4.78, 5) is 15.5. The van der Waals surface area contributed by atoms with Gasteiger partial charge in [-0.3, -0.25) is 0 Å². The Morgan fingerprint density at radius 1 is 1.44 bits per heavy atom. The maximum atomic E-state index is 11.2. The predicted molar refractivity (Wildman–Crippen MR) is 63.7 cm³/mol. The molecular formula is C12H17N3O3. The van der Waals surface area contributed by atoms with E-state index in [1.54, 1.807) is 0 Å². The van der Waals surface area contributed by atoms with Gasteiger partial charge in [0.2, 0.25) is 0 Å². The number of hydrogen-bond donors (Lipinski definition) is 3. The van der Waals surface area contributed by atoms with E-state index in [2.05, 4.69) is 10.3 Å². The highest BCUT2D eigenvalue weighted by molar-refractivity contribution is 5.87. The Morgan fingerprint density at radius 3 is 2.94 bits per heavy atom. The summed E-state index contributed by atoms with van der Waals surface area (Å²) in [6, 6.07) is 0. The molecule has 0 bridgehead atoms. The second-order valence-electron chi connectivity index (χ2n) is 5.06. The number of carboxylic acids is 1. The summed E-state index contributed by atoms with van der Waals surface area (Å²) in [5, 5.41) is 22.2. The van der Waals surface area contributed by atoms with Crippen molar-refractivity contribution >= 4 is 5.97 Å². The third-order valence-electron chi connectivity index (χ3n) is 3.84. The van der Waals surface area contributed by atoms with Crippen molar-refractivity contribution in [3.63, 3.8) is 0 Å². The van der Waals surface area contributed by atoms with Crippen molar-refractivity contribution in [2.45, 2.75) is 37.8 Å². The number of rotatable bonds is 2. The first-order valence-electron chi connectivity index (χ1n) is 6.38. The minimum absolute atomic E-state index is 0.170.